The molecule has 0 aliphatic carbocycles. The van der Waals surface area contributed by atoms with Crippen LogP contribution in [0.1, 0.15) is 38.3 Å². The van der Waals surface area contributed by atoms with Crippen LogP contribution in [0, 0.1) is 17.6 Å². The summed E-state index contributed by atoms with van der Waals surface area (Å²) in [5.74, 6) is -0.375. The Labute approximate surface area is 134 Å². The summed E-state index contributed by atoms with van der Waals surface area (Å²) in [4.78, 5) is 2.20. The first-order valence-corrected chi connectivity index (χ1v) is 8.37. The van der Waals surface area contributed by atoms with E-state index in [-0.39, 0.29) is 11.6 Å². The van der Waals surface area contributed by atoms with E-state index in [1.807, 2.05) is 0 Å². The van der Waals surface area contributed by atoms with Gasteiger partial charge in [0.05, 0.1) is 0 Å². The van der Waals surface area contributed by atoms with Crippen LogP contribution in [0.2, 0.25) is 0 Å². The molecule has 21 heavy (non-hydrogen) atoms. The Morgan fingerprint density at radius 3 is 2.24 bits per heavy atom. The zero-order valence-corrected chi connectivity index (χ0v) is 14.2. The van der Waals surface area contributed by atoms with Gasteiger partial charge in [-0.3, -0.25) is 4.90 Å². The Balaban J connectivity index is 2.29. The van der Waals surface area contributed by atoms with Crippen LogP contribution in [0.4, 0.5) is 8.78 Å². The van der Waals surface area contributed by atoms with E-state index in [1.165, 1.54) is 12.1 Å². The molecule has 1 aliphatic rings. The van der Waals surface area contributed by atoms with E-state index in [4.69, 9.17) is 0 Å². The molecule has 0 amide bonds. The van der Waals surface area contributed by atoms with Crippen LogP contribution in [0.5, 0.6) is 0 Å². The molecule has 1 saturated heterocycles. The van der Waals surface area contributed by atoms with E-state index >= 15 is 0 Å². The number of piperazine rings is 1. The lowest BCUT2D eigenvalue weighted by molar-refractivity contribution is 0.153. The van der Waals surface area contributed by atoms with Gasteiger partial charge in [0.15, 0.2) is 0 Å². The zero-order valence-electron chi connectivity index (χ0n) is 12.6. The lowest BCUT2D eigenvalue weighted by Crippen LogP contribution is -2.45. The quantitative estimate of drug-likeness (QED) is 0.849. The van der Waals surface area contributed by atoms with Crippen LogP contribution in [-0.4, -0.2) is 31.1 Å². The maximum atomic E-state index is 14.3. The fourth-order valence-corrected chi connectivity index (χ4v) is 3.27. The average molecular weight is 361 g/mol. The summed E-state index contributed by atoms with van der Waals surface area (Å²) < 4.78 is 29.1. The Morgan fingerprint density at radius 2 is 1.71 bits per heavy atom. The summed E-state index contributed by atoms with van der Waals surface area (Å²) in [7, 11) is 0. The van der Waals surface area contributed by atoms with E-state index in [9.17, 15) is 8.78 Å². The van der Waals surface area contributed by atoms with Crippen LogP contribution in [0.3, 0.4) is 0 Å². The second-order valence-corrected chi connectivity index (χ2v) is 6.97. The molecule has 0 bridgehead atoms. The molecule has 0 spiro atoms. The predicted molar refractivity (Wildman–Crippen MR) is 85.3 cm³/mol. The predicted octanol–water partition coefficient (Wildman–Crippen LogP) is 4.11. The highest BCUT2D eigenvalue weighted by Gasteiger charge is 2.27. The van der Waals surface area contributed by atoms with Crippen LogP contribution >= 0.6 is 15.9 Å². The minimum atomic E-state index is -0.450. The number of nitrogens with zero attached hydrogens (tertiary/aromatic N) is 1. The molecule has 1 heterocycles. The van der Waals surface area contributed by atoms with Crippen LogP contribution in [0.15, 0.2) is 16.6 Å². The molecule has 1 fully saturated rings. The highest BCUT2D eigenvalue weighted by Crippen LogP contribution is 2.33. The topological polar surface area (TPSA) is 15.3 Å². The largest absolute Gasteiger partial charge is 0.314 e. The zero-order chi connectivity index (χ0) is 15.4. The SMILES string of the molecule is CC(C)CC[C@@H](c1c(F)cc(Br)cc1F)N1CCNCC1. The molecule has 1 aromatic rings. The third-order valence-electron chi connectivity index (χ3n) is 3.99. The van der Waals surface area contributed by atoms with Crippen molar-refractivity contribution in [1.29, 1.82) is 0 Å². The van der Waals surface area contributed by atoms with Gasteiger partial charge in [-0.05, 0) is 30.9 Å². The van der Waals surface area contributed by atoms with E-state index in [0.29, 0.717) is 10.4 Å². The second-order valence-electron chi connectivity index (χ2n) is 6.06. The van der Waals surface area contributed by atoms with E-state index in [1.54, 1.807) is 0 Å². The van der Waals surface area contributed by atoms with E-state index in [2.05, 4.69) is 40.0 Å². The third-order valence-corrected chi connectivity index (χ3v) is 4.44. The van der Waals surface area contributed by atoms with Crippen molar-refractivity contribution in [1.82, 2.24) is 10.2 Å². The molecule has 118 valence electrons. The third kappa shape index (κ3) is 4.47. The molecule has 1 aliphatic heterocycles. The van der Waals surface area contributed by atoms with Gasteiger partial charge in [-0.15, -0.1) is 0 Å². The summed E-state index contributed by atoms with van der Waals surface area (Å²) in [5, 5.41) is 3.29. The lowest BCUT2D eigenvalue weighted by Gasteiger charge is -2.36. The minimum Gasteiger partial charge on any atom is -0.314 e. The standard InChI is InChI=1S/C16H23BrF2N2/c1-11(2)3-4-15(21-7-5-20-6-8-21)16-13(18)9-12(17)10-14(16)19/h9-11,15,20H,3-8H2,1-2H3/t15-/m0/s1. The summed E-state index contributed by atoms with van der Waals surface area (Å²) in [6.07, 6.45) is 1.75. The molecular weight excluding hydrogens is 338 g/mol. The van der Waals surface area contributed by atoms with Gasteiger partial charge in [0.1, 0.15) is 11.6 Å². The van der Waals surface area contributed by atoms with Crippen molar-refractivity contribution in [2.45, 2.75) is 32.7 Å². The Bertz CT molecular complexity index is 450. The van der Waals surface area contributed by atoms with Gasteiger partial charge in [-0.2, -0.15) is 0 Å². The first-order chi connectivity index (χ1) is 9.99. The Hall–Kier alpha value is -0.520. The molecule has 0 aromatic heterocycles. The average Bonchev–Trinajstić information content (AvgIpc) is 2.42. The lowest BCUT2D eigenvalue weighted by atomic mass is 9.95. The molecule has 2 rings (SSSR count). The molecule has 2 nitrogen and oxygen atoms in total. The van der Waals surface area contributed by atoms with Crippen LogP contribution < -0.4 is 5.32 Å². The van der Waals surface area contributed by atoms with E-state index < -0.39 is 11.6 Å². The summed E-state index contributed by atoms with van der Waals surface area (Å²) in [5.41, 5.74) is 0.223. The number of hydrogen-bond acceptors (Lipinski definition) is 2. The summed E-state index contributed by atoms with van der Waals surface area (Å²) >= 11 is 3.15. The fraction of sp³-hybridized carbons (Fsp3) is 0.625. The molecule has 0 unspecified atom stereocenters. The molecule has 0 saturated carbocycles. The summed E-state index contributed by atoms with van der Waals surface area (Å²) in [6.45, 7) is 7.69. The first kappa shape index (κ1) is 16.8. The first-order valence-electron chi connectivity index (χ1n) is 7.58. The number of halogens is 3. The monoisotopic (exact) mass is 360 g/mol. The second kappa shape index (κ2) is 7.65. The van der Waals surface area contributed by atoms with Gasteiger partial charge >= 0.3 is 0 Å². The molecule has 5 heteroatoms. The van der Waals surface area contributed by atoms with Crippen molar-refractivity contribution in [2.24, 2.45) is 5.92 Å². The van der Waals surface area contributed by atoms with Crippen molar-refractivity contribution in [3.8, 4) is 0 Å². The Kier molecular flexibility index (Phi) is 6.14. The number of rotatable bonds is 5. The number of hydrogen-bond donors (Lipinski definition) is 1. The highest BCUT2D eigenvalue weighted by molar-refractivity contribution is 9.10. The molecule has 1 aromatic carbocycles. The highest BCUT2D eigenvalue weighted by atomic mass is 79.9. The molecule has 1 N–H and O–H groups in total. The smallest absolute Gasteiger partial charge is 0.132 e. The van der Waals surface area contributed by atoms with E-state index in [0.717, 1.165) is 39.0 Å². The van der Waals surface area contributed by atoms with Gasteiger partial charge in [0, 0.05) is 42.3 Å². The van der Waals surface area contributed by atoms with Crippen molar-refractivity contribution in [2.75, 3.05) is 26.2 Å². The normalized spacial score (nSPS) is 18.2. The van der Waals surface area contributed by atoms with Gasteiger partial charge in [-0.1, -0.05) is 29.8 Å². The van der Waals surface area contributed by atoms with Crippen LogP contribution in [-0.2, 0) is 0 Å². The minimum absolute atomic E-state index is 0.178. The fourth-order valence-electron chi connectivity index (χ4n) is 2.87. The summed E-state index contributed by atoms with van der Waals surface area (Å²) in [6, 6.07) is 2.55. The maximum Gasteiger partial charge on any atom is 0.132 e. The maximum absolute atomic E-state index is 14.3. The van der Waals surface area contributed by atoms with Crippen molar-refractivity contribution < 1.29 is 8.78 Å². The van der Waals surface area contributed by atoms with Gasteiger partial charge in [-0.25, -0.2) is 8.78 Å². The van der Waals surface area contributed by atoms with Crippen LogP contribution in [0.25, 0.3) is 0 Å². The van der Waals surface area contributed by atoms with Crippen molar-refractivity contribution >= 4 is 15.9 Å². The number of nitrogens with one attached hydrogen (secondary N) is 1. The van der Waals surface area contributed by atoms with Gasteiger partial charge < -0.3 is 5.32 Å². The van der Waals surface area contributed by atoms with Gasteiger partial charge in [0.2, 0.25) is 0 Å². The molecule has 0 radical (unpaired) electrons. The number of benzene rings is 1. The van der Waals surface area contributed by atoms with Crippen molar-refractivity contribution in [3.05, 3.63) is 33.8 Å². The molecular formula is C16H23BrF2N2. The van der Waals surface area contributed by atoms with Gasteiger partial charge in [0.25, 0.3) is 0 Å². The van der Waals surface area contributed by atoms with Crippen molar-refractivity contribution in [3.63, 3.8) is 0 Å². The molecule has 1 atom stereocenters. The Morgan fingerprint density at radius 1 is 1.14 bits per heavy atom.